The van der Waals surface area contributed by atoms with Crippen LogP contribution in [-0.2, 0) is 11.8 Å². The van der Waals surface area contributed by atoms with Crippen LogP contribution >= 0.6 is 0 Å². The molecular formula is C25H33N. The van der Waals surface area contributed by atoms with Gasteiger partial charge in [-0.1, -0.05) is 80.9 Å². The van der Waals surface area contributed by atoms with E-state index >= 15 is 0 Å². The fourth-order valence-corrected chi connectivity index (χ4v) is 4.08. The quantitative estimate of drug-likeness (QED) is 0.623. The van der Waals surface area contributed by atoms with Gasteiger partial charge in [-0.05, 0) is 55.0 Å². The van der Waals surface area contributed by atoms with Crippen LogP contribution in [0.3, 0.4) is 0 Å². The first-order chi connectivity index (χ1) is 12.4. The summed E-state index contributed by atoms with van der Waals surface area (Å²) in [6.45, 7) is 11.7. The maximum absolute atomic E-state index is 2.51. The van der Waals surface area contributed by atoms with E-state index < -0.39 is 0 Å². The van der Waals surface area contributed by atoms with Crippen molar-refractivity contribution in [3.8, 4) is 0 Å². The molecule has 1 nitrogen and oxygen atoms in total. The van der Waals surface area contributed by atoms with Crippen LogP contribution in [0.15, 0.2) is 66.4 Å². The van der Waals surface area contributed by atoms with Gasteiger partial charge in [-0.2, -0.15) is 0 Å². The Balaban J connectivity index is 1.68. The maximum atomic E-state index is 2.51. The molecule has 0 amide bonds. The second-order valence-electron chi connectivity index (χ2n) is 8.58. The van der Waals surface area contributed by atoms with Crippen LogP contribution in [0.4, 0.5) is 0 Å². The molecule has 1 heterocycles. The van der Waals surface area contributed by atoms with E-state index in [1.165, 1.54) is 48.2 Å². The van der Waals surface area contributed by atoms with Crippen LogP contribution in [0.1, 0.15) is 57.2 Å². The summed E-state index contributed by atoms with van der Waals surface area (Å²) in [5.41, 5.74) is 5.63. The average molecular weight is 348 g/mol. The minimum Gasteiger partial charge on any atom is -0.377 e. The van der Waals surface area contributed by atoms with Crippen LogP contribution in [0.2, 0.25) is 0 Å². The molecule has 2 aromatic carbocycles. The zero-order chi connectivity index (χ0) is 18.6. The number of hydrogen-bond acceptors (Lipinski definition) is 1. The van der Waals surface area contributed by atoms with Gasteiger partial charge in [0.15, 0.2) is 0 Å². The number of nitrogens with zero attached hydrogens (tertiary/aromatic N) is 1. The third-order valence-electron chi connectivity index (χ3n) is 5.75. The van der Waals surface area contributed by atoms with Crippen molar-refractivity contribution in [2.45, 2.75) is 52.4 Å². The molecule has 138 valence electrons. The van der Waals surface area contributed by atoms with E-state index in [2.05, 4.69) is 93.4 Å². The molecule has 2 aromatic rings. The highest BCUT2D eigenvalue weighted by atomic mass is 15.1. The van der Waals surface area contributed by atoms with E-state index in [-0.39, 0.29) is 5.41 Å². The predicted octanol–water partition coefficient (Wildman–Crippen LogP) is 6.19. The second-order valence-corrected chi connectivity index (χ2v) is 8.58. The minimum absolute atomic E-state index is 0.0363. The number of benzene rings is 2. The van der Waals surface area contributed by atoms with E-state index in [0.29, 0.717) is 0 Å². The number of likely N-dealkylation sites (tertiary alicyclic amines) is 1. The highest BCUT2D eigenvalue weighted by Crippen LogP contribution is 2.31. The first kappa shape index (κ1) is 18.8. The van der Waals surface area contributed by atoms with E-state index in [0.717, 1.165) is 12.3 Å². The summed E-state index contributed by atoms with van der Waals surface area (Å²) in [4.78, 5) is 2.51. The standard InChI is InChI=1S/C25H33N/c1-20-9-8-16-26(18-20)19-21(2)17-22-12-14-24(15-13-22)25(3,4)23-10-6-5-7-11-23/h5-7,10-15,19-20H,8-9,16-18H2,1-4H3/b21-19+. The predicted molar refractivity (Wildman–Crippen MR) is 112 cm³/mol. The minimum atomic E-state index is 0.0363. The third-order valence-corrected chi connectivity index (χ3v) is 5.75. The molecule has 0 radical (unpaired) electrons. The van der Waals surface area contributed by atoms with E-state index in [4.69, 9.17) is 0 Å². The molecule has 1 fully saturated rings. The topological polar surface area (TPSA) is 3.24 Å². The van der Waals surface area contributed by atoms with Crippen molar-refractivity contribution in [1.29, 1.82) is 0 Å². The molecule has 1 atom stereocenters. The van der Waals surface area contributed by atoms with Gasteiger partial charge in [0.25, 0.3) is 0 Å². The molecule has 1 aliphatic heterocycles. The summed E-state index contributed by atoms with van der Waals surface area (Å²) in [5, 5.41) is 0. The van der Waals surface area contributed by atoms with Gasteiger partial charge in [-0.3, -0.25) is 0 Å². The number of piperidine rings is 1. The van der Waals surface area contributed by atoms with Crippen LogP contribution in [0.5, 0.6) is 0 Å². The second kappa shape index (κ2) is 8.12. The molecule has 0 N–H and O–H groups in total. The van der Waals surface area contributed by atoms with Crippen molar-refractivity contribution in [2.24, 2.45) is 5.92 Å². The lowest BCUT2D eigenvalue weighted by atomic mass is 9.78. The Morgan fingerprint density at radius 2 is 1.69 bits per heavy atom. The summed E-state index contributed by atoms with van der Waals surface area (Å²) in [5.74, 6) is 0.826. The zero-order valence-electron chi connectivity index (χ0n) is 16.8. The lowest BCUT2D eigenvalue weighted by Gasteiger charge is -2.30. The smallest absolute Gasteiger partial charge is 0.0198 e. The van der Waals surface area contributed by atoms with Crippen LogP contribution < -0.4 is 0 Å². The van der Waals surface area contributed by atoms with Crippen molar-refractivity contribution < 1.29 is 0 Å². The molecule has 0 saturated carbocycles. The molecule has 1 unspecified atom stereocenters. The van der Waals surface area contributed by atoms with Gasteiger partial charge in [0.1, 0.15) is 0 Å². The van der Waals surface area contributed by atoms with Crippen LogP contribution in [-0.4, -0.2) is 18.0 Å². The fraction of sp³-hybridized carbons (Fsp3) is 0.440. The molecule has 0 aliphatic carbocycles. The Hall–Kier alpha value is -2.02. The van der Waals surface area contributed by atoms with Crippen molar-refractivity contribution >= 4 is 0 Å². The molecule has 3 rings (SSSR count). The number of allylic oxidation sites excluding steroid dienone is 1. The molecule has 26 heavy (non-hydrogen) atoms. The van der Waals surface area contributed by atoms with Crippen molar-refractivity contribution in [3.63, 3.8) is 0 Å². The normalized spacial score (nSPS) is 18.8. The first-order valence-electron chi connectivity index (χ1n) is 10.0. The molecule has 0 aromatic heterocycles. The zero-order valence-corrected chi connectivity index (χ0v) is 16.8. The number of rotatable bonds is 5. The van der Waals surface area contributed by atoms with Gasteiger partial charge in [-0.25, -0.2) is 0 Å². The Labute approximate surface area is 159 Å². The molecule has 1 heteroatoms. The van der Waals surface area contributed by atoms with Gasteiger partial charge in [-0.15, -0.1) is 0 Å². The first-order valence-corrected chi connectivity index (χ1v) is 10.0. The van der Waals surface area contributed by atoms with Gasteiger partial charge in [0.05, 0.1) is 0 Å². The van der Waals surface area contributed by atoms with Gasteiger partial charge in [0.2, 0.25) is 0 Å². The summed E-state index contributed by atoms with van der Waals surface area (Å²) < 4.78 is 0. The molecule has 0 bridgehead atoms. The Morgan fingerprint density at radius 3 is 2.35 bits per heavy atom. The fourth-order valence-electron chi connectivity index (χ4n) is 4.08. The van der Waals surface area contributed by atoms with Gasteiger partial charge >= 0.3 is 0 Å². The summed E-state index contributed by atoms with van der Waals surface area (Å²) in [6.07, 6.45) is 6.13. The van der Waals surface area contributed by atoms with Crippen molar-refractivity contribution in [3.05, 3.63) is 83.1 Å². The van der Waals surface area contributed by atoms with Crippen molar-refractivity contribution in [1.82, 2.24) is 4.90 Å². The Kier molecular flexibility index (Phi) is 5.86. The van der Waals surface area contributed by atoms with E-state index in [9.17, 15) is 0 Å². The van der Waals surface area contributed by atoms with E-state index in [1.807, 2.05) is 0 Å². The van der Waals surface area contributed by atoms with Crippen LogP contribution in [0.25, 0.3) is 0 Å². The monoisotopic (exact) mass is 347 g/mol. The summed E-state index contributed by atoms with van der Waals surface area (Å²) in [6, 6.07) is 20.0. The highest BCUT2D eigenvalue weighted by Gasteiger charge is 2.22. The van der Waals surface area contributed by atoms with Gasteiger partial charge in [0, 0.05) is 18.5 Å². The summed E-state index contributed by atoms with van der Waals surface area (Å²) >= 11 is 0. The highest BCUT2D eigenvalue weighted by molar-refractivity contribution is 5.39. The molecule has 0 spiro atoms. The lowest BCUT2D eigenvalue weighted by molar-refractivity contribution is 0.246. The molecule has 1 saturated heterocycles. The maximum Gasteiger partial charge on any atom is 0.0198 e. The Bertz CT molecular complexity index is 725. The average Bonchev–Trinajstić information content (AvgIpc) is 2.63. The third kappa shape index (κ3) is 4.58. The van der Waals surface area contributed by atoms with E-state index in [1.54, 1.807) is 0 Å². The van der Waals surface area contributed by atoms with Crippen LogP contribution in [0, 0.1) is 5.92 Å². The number of hydrogen-bond donors (Lipinski definition) is 0. The molecular weight excluding hydrogens is 314 g/mol. The van der Waals surface area contributed by atoms with Crippen molar-refractivity contribution in [2.75, 3.05) is 13.1 Å². The van der Waals surface area contributed by atoms with Gasteiger partial charge < -0.3 is 4.90 Å². The molecule has 1 aliphatic rings. The largest absolute Gasteiger partial charge is 0.377 e. The lowest BCUT2D eigenvalue weighted by Crippen LogP contribution is -2.30. The Morgan fingerprint density at radius 1 is 1.04 bits per heavy atom. The SMILES string of the molecule is C/C(=C\N1CCCC(C)C1)Cc1ccc(C(C)(C)c2ccccc2)cc1. The summed E-state index contributed by atoms with van der Waals surface area (Å²) in [7, 11) is 0.